The summed E-state index contributed by atoms with van der Waals surface area (Å²) in [6.07, 6.45) is 5.86. The van der Waals surface area contributed by atoms with Gasteiger partial charge in [-0.2, -0.15) is 0 Å². The van der Waals surface area contributed by atoms with Crippen molar-refractivity contribution < 1.29 is 13.9 Å². The third-order valence-electron chi connectivity index (χ3n) is 6.32. The van der Waals surface area contributed by atoms with Crippen LogP contribution in [-0.2, 0) is 11.3 Å². The summed E-state index contributed by atoms with van der Waals surface area (Å²) in [6.45, 7) is 8.04. The number of furan rings is 1. The summed E-state index contributed by atoms with van der Waals surface area (Å²) in [4.78, 5) is 14.6. The molecular weight excluding hydrogens is 352 g/mol. The van der Waals surface area contributed by atoms with E-state index < -0.39 is 0 Å². The second-order valence-corrected chi connectivity index (χ2v) is 8.34. The zero-order valence-corrected chi connectivity index (χ0v) is 16.9. The van der Waals surface area contributed by atoms with Crippen LogP contribution in [0.25, 0.3) is 0 Å². The Morgan fingerprint density at radius 2 is 2.00 bits per heavy atom. The lowest BCUT2D eigenvalue weighted by atomic mass is 9.88. The summed E-state index contributed by atoms with van der Waals surface area (Å²) in [5, 5.41) is 2.93. The van der Waals surface area contributed by atoms with Gasteiger partial charge in [0.2, 0.25) is 0 Å². The van der Waals surface area contributed by atoms with E-state index in [1.807, 2.05) is 0 Å². The molecule has 5 heteroatoms. The molecule has 4 rings (SSSR count). The van der Waals surface area contributed by atoms with E-state index in [2.05, 4.69) is 42.3 Å². The van der Waals surface area contributed by atoms with Gasteiger partial charge in [-0.3, -0.25) is 9.69 Å². The minimum atomic E-state index is -0.169. The number of aryl methyl sites for hydroxylation is 2. The molecule has 5 nitrogen and oxygen atoms in total. The van der Waals surface area contributed by atoms with Crippen LogP contribution in [0.15, 0.2) is 41.0 Å². The molecule has 2 fully saturated rings. The molecule has 1 N–H and O–H groups in total. The van der Waals surface area contributed by atoms with Gasteiger partial charge in [0.05, 0.1) is 18.0 Å². The molecule has 0 aliphatic carbocycles. The number of ether oxygens (including phenoxy) is 1. The van der Waals surface area contributed by atoms with E-state index in [4.69, 9.17) is 9.15 Å². The fraction of sp³-hybridized carbons (Fsp3) is 0.522. The van der Waals surface area contributed by atoms with Crippen LogP contribution in [0.1, 0.15) is 52.9 Å². The van der Waals surface area contributed by atoms with Crippen LogP contribution < -0.4 is 5.32 Å². The molecule has 2 aromatic rings. The van der Waals surface area contributed by atoms with Gasteiger partial charge in [-0.15, -0.1) is 0 Å². The number of piperidine rings is 1. The van der Waals surface area contributed by atoms with Crippen LogP contribution in [-0.4, -0.2) is 42.1 Å². The summed E-state index contributed by atoms with van der Waals surface area (Å²) >= 11 is 0. The number of rotatable bonds is 5. The maximum absolute atomic E-state index is 12.0. The first-order valence-electron chi connectivity index (χ1n) is 10.3. The van der Waals surface area contributed by atoms with E-state index in [9.17, 15) is 4.79 Å². The number of hydrogen-bond acceptors (Lipinski definition) is 4. The van der Waals surface area contributed by atoms with E-state index in [1.54, 1.807) is 12.1 Å². The Kier molecular flexibility index (Phi) is 5.56. The van der Waals surface area contributed by atoms with Gasteiger partial charge in [0, 0.05) is 26.2 Å². The lowest BCUT2D eigenvalue weighted by molar-refractivity contribution is -0.0764. The monoisotopic (exact) mass is 382 g/mol. The lowest BCUT2D eigenvalue weighted by Crippen LogP contribution is -2.44. The SMILES string of the molecule is Cc1ccc(CN2CCC3(CC[C@H](CNC(=O)c4ccco4)O3)CC2)cc1C. The van der Waals surface area contributed by atoms with Crippen LogP contribution in [0.2, 0.25) is 0 Å². The van der Waals surface area contributed by atoms with Gasteiger partial charge in [0.15, 0.2) is 5.76 Å². The quantitative estimate of drug-likeness (QED) is 0.854. The highest BCUT2D eigenvalue weighted by Gasteiger charge is 2.42. The topological polar surface area (TPSA) is 54.7 Å². The van der Waals surface area contributed by atoms with Crippen molar-refractivity contribution in [3.63, 3.8) is 0 Å². The Labute approximate surface area is 167 Å². The number of benzene rings is 1. The summed E-state index contributed by atoms with van der Waals surface area (Å²) < 4.78 is 11.6. The molecule has 2 aliphatic rings. The molecule has 0 unspecified atom stereocenters. The van der Waals surface area contributed by atoms with E-state index >= 15 is 0 Å². The number of amides is 1. The summed E-state index contributed by atoms with van der Waals surface area (Å²) in [7, 11) is 0. The fourth-order valence-electron chi connectivity index (χ4n) is 4.39. The first kappa shape index (κ1) is 19.2. The lowest BCUT2D eigenvalue weighted by Gasteiger charge is -2.39. The van der Waals surface area contributed by atoms with Gasteiger partial charge in [0.25, 0.3) is 5.91 Å². The Morgan fingerprint density at radius 3 is 2.71 bits per heavy atom. The van der Waals surface area contributed by atoms with Gasteiger partial charge in [-0.05, 0) is 68.4 Å². The first-order valence-corrected chi connectivity index (χ1v) is 10.3. The van der Waals surface area contributed by atoms with Crippen molar-refractivity contribution in [3.8, 4) is 0 Å². The third kappa shape index (κ3) is 4.31. The molecule has 0 radical (unpaired) electrons. The van der Waals surface area contributed by atoms with Crippen LogP contribution in [0.5, 0.6) is 0 Å². The number of hydrogen-bond donors (Lipinski definition) is 1. The molecule has 150 valence electrons. The Morgan fingerprint density at radius 1 is 1.18 bits per heavy atom. The third-order valence-corrected chi connectivity index (χ3v) is 6.32. The average molecular weight is 383 g/mol. The maximum atomic E-state index is 12.0. The van der Waals surface area contributed by atoms with Gasteiger partial charge in [-0.25, -0.2) is 0 Å². The molecule has 0 bridgehead atoms. The standard InChI is InChI=1S/C23H30N2O3/c1-17-5-6-19(14-18(17)2)16-25-11-9-23(10-12-25)8-7-20(28-23)15-24-22(26)21-4-3-13-27-21/h3-6,13-14,20H,7-12,15-16H2,1-2H3,(H,24,26)/t20-/m1/s1. The molecule has 28 heavy (non-hydrogen) atoms. The van der Waals surface area contributed by atoms with Crippen molar-refractivity contribution in [2.45, 2.75) is 57.8 Å². The highest BCUT2D eigenvalue weighted by Crippen LogP contribution is 2.39. The van der Waals surface area contributed by atoms with Crippen molar-refractivity contribution in [2.24, 2.45) is 0 Å². The van der Waals surface area contributed by atoms with Crippen LogP contribution in [0.3, 0.4) is 0 Å². The van der Waals surface area contributed by atoms with Gasteiger partial charge in [0.1, 0.15) is 0 Å². The number of nitrogens with one attached hydrogen (secondary N) is 1. The number of carbonyl (C=O) groups excluding carboxylic acids is 1. The molecular formula is C23H30N2O3. The highest BCUT2D eigenvalue weighted by atomic mass is 16.5. The smallest absolute Gasteiger partial charge is 0.287 e. The highest BCUT2D eigenvalue weighted by molar-refractivity contribution is 5.91. The van der Waals surface area contributed by atoms with E-state index in [0.29, 0.717) is 12.3 Å². The normalized spacial score (nSPS) is 21.9. The second-order valence-electron chi connectivity index (χ2n) is 8.34. The molecule has 2 saturated heterocycles. The molecule has 0 saturated carbocycles. The zero-order chi connectivity index (χ0) is 19.6. The first-order chi connectivity index (χ1) is 13.5. The van der Waals surface area contributed by atoms with Crippen molar-refractivity contribution in [1.82, 2.24) is 10.2 Å². The molecule has 3 heterocycles. The van der Waals surface area contributed by atoms with Gasteiger partial charge >= 0.3 is 0 Å². The molecule has 1 aromatic carbocycles. The van der Waals surface area contributed by atoms with Gasteiger partial charge < -0.3 is 14.5 Å². The average Bonchev–Trinajstić information content (AvgIpc) is 3.36. The van der Waals surface area contributed by atoms with Crippen molar-refractivity contribution >= 4 is 5.91 Å². The molecule has 1 amide bonds. The van der Waals surface area contributed by atoms with Crippen LogP contribution in [0.4, 0.5) is 0 Å². The minimum Gasteiger partial charge on any atom is -0.459 e. The molecule has 1 spiro atoms. The van der Waals surface area contributed by atoms with Crippen LogP contribution >= 0.6 is 0 Å². The predicted octanol–water partition coefficient (Wildman–Crippen LogP) is 3.84. The molecule has 2 aliphatic heterocycles. The summed E-state index contributed by atoms with van der Waals surface area (Å²) in [5.41, 5.74) is 4.11. The number of carbonyl (C=O) groups is 1. The largest absolute Gasteiger partial charge is 0.459 e. The van der Waals surface area contributed by atoms with Gasteiger partial charge in [-0.1, -0.05) is 18.2 Å². The molecule has 1 atom stereocenters. The molecule has 1 aromatic heterocycles. The zero-order valence-electron chi connectivity index (χ0n) is 16.9. The van der Waals surface area contributed by atoms with E-state index in [1.165, 1.54) is 23.0 Å². The van der Waals surface area contributed by atoms with E-state index in [-0.39, 0.29) is 17.6 Å². The summed E-state index contributed by atoms with van der Waals surface area (Å²) in [6, 6.07) is 10.2. The van der Waals surface area contributed by atoms with Crippen LogP contribution in [0, 0.1) is 13.8 Å². The minimum absolute atomic E-state index is 0.000229. The van der Waals surface area contributed by atoms with Crippen molar-refractivity contribution in [1.29, 1.82) is 0 Å². The Bertz CT molecular complexity index is 807. The summed E-state index contributed by atoms with van der Waals surface area (Å²) in [5.74, 6) is 0.185. The Hall–Kier alpha value is -2.11. The number of nitrogens with zero attached hydrogens (tertiary/aromatic N) is 1. The fourth-order valence-corrected chi connectivity index (χ4v) is 4.39. The maximum Gasteiger partial charge on any atom is 0.287 e. The number of likely N-dealkylation sites (tertiary alicyclic amines) is 1. The van der Waals surface area contributed by atoms with E-state index in [0.717, 1.165) is 45.3 Å². The van der Waals surface area contributed by atoms with Crippen molar-refractivity contribution in [2.75, 3.05) is 19.6 Å². The predicted molar refractivity (Wildman–Crippen MR) is 108 cm³/mol. The van der Waals surface area contributed by atoms with Crippen molar-refractivity contribution in [3.05, 3.63) is 59.0 Å². The second kappa shape index (κ2) is 8.10. The Balaban J connectivity index is 1.24.